The van der Waals surface area contributed by atoms with Crippen LogP contribution in [0.25, 0.3) is 0 Å². The van der Waals surface area contributed by atoms with Gasteiger partial charge in [0.1, 0.15) is 5.75 Å². The van der Waals surface area contributed by atoms with E-state index in [0.717, 1.165) is 10.4 Å². The Balaban J connectivity index is 1.76. The van der Waals surface area contributed by atoms with Gasteiger partial charge in [0, 0.05) is 23.5 Å². The van der Waals surface area contributed by atoms with E-state index in [-0.39, 0.29) is 12.3 Å². The van der Waals surface area contributed by atoms with Gasteiger partial charge in [-0.25, -0.2) is 0 Å². The molecule has 0 bridgehead atoms. The molecule has 25 heavy (non-hydrogen) atoms. The lowest BCUT2D eigenvalue weighted by molar-refractivity contribution is -0.139. The predicted molar refractivity (Wildman–Crippen MR) is 95.9 cm³/mol. The van der Waals surface area contributed by atoms with Crippen LogP contribution in [0.3, 0.4) is 0 Å². The Hall–Kier alpha value is -2.67. The van der Waals surface area contributed by atoms with E-state index in [4.69, 9.17) is 4.74 Å². The number of thiophene rings is 1. The van der Waals surface area contributed by atoms with Crippen molar-refractivity contribution in [3.05, 3.63) is 51.7 Å². The lowest BCUT2D eigenvalue weighted by Gasteiger charge is -2.09. The molecule has 0 aliphatic carbocycles. The Morgan fingerprint density at radius 2 is 1.76 bits per heavy atom. The Kier molecular flexibility index (Phi) is 6.71. The third kappa shape index (κ3) is 5.42. The van der Waals surface area contributed by atoms with Crippen molar-refractivity contribution in [2.75, 3.05) is 13.7 Å². The minimum absolute atomic E-state index is 0.0241. The van der Waals surface area contributed by atoms with Crippen LogP contribution >= 0.6 is 11.3 Å². The molecule has 0 spiro atoms. The number of ether oxygens (including phenoxy) is 1. The van der Waals surface area contributed by atoms with Gasteiger partial charge in [-0.05, 0) is 31.5 Å². The Morgan fingerprint density at radius 1 is 1.04 bits per heavy atom. The van der Waals surface area contributed by atoms with Gasteiger partial charge in [0.05, 0.1) is 12.0 Å². The van der Waals surface area contributed by atoms with Gasteiger partial charge in [0.15, 0.2) is 5.78 Å². The number of amides is 2. The second-order valence-corrected chi connectivity index (χ2v) is 6.49. The fraction of sp³-hybridized carbons (Fsp3) is 0.278. The maximum Gasteiger partial charge on any atom is 0.309 e. The number of carbonyl (C=O) groups excluding carboxylic acids is 3. The summed E-state index contributed by atoms with van der Waals surface area (Å²) in [5, 5.41) is 5.14. The molecule has 1 heterocycles. The molecule has 6 nitrogen and oxygen atoms in total. The number of methoxy groups -OCH3 is 1. The van der Waals surface area contributed by atoms with Gasteiger partial charge in [-0.2, -0.15) is 0 Å². The molecule has 2 rings (SSSR count). The maximum absolute atomic E-state index is 11.8. The van der Waals surface area contributed by atoms with Gasteiger partial charge < -0.3 is 15.4 Å². The standard InChI is InChI=1S/C18H20N2O4S/c1-12(21)16-8-7-14(25-16)9-10-19-17(22)18(23)20-11-13-5-3-4-6-15(13)24-2/h3-8H,9-11H2,1-2H3,(H,19,22)(H,20,23). The molecule has 0 unspecified atom stereocenters. The third-order valence-electron chi connectivity index (χ3n) is 3.50. The topological polar surface area (TPSA) is 84.5 Å². The number of rotatable bonds is 7. The van der Waals surface area contributed by atoms with Crippen LogP contribution in [-0.2, 0) is 22.6 Å². The monoisotopic (exact) mass is 360 g/mol. The van der Waals surface area contributed by atoms with Gasteiger partial charge >= 0.3 is 11.8 Å². The number of para-hydroxylation sites is 1. The SMILES string of the molecule is COc1ccccc1CNC(=O)C(=O)NCCc1ccc(C(C)=O)s1. The molecule has 1 aromatic carbocycles. The van der Waals surface area contributed by atoms with Crippen LogP contribution in [0.5, 0.6) is 5.75 Å². The summed E-state index contributed by atoms with van der Waals surface area (Å²) >= 11 is 1.40. The highest BCUT2D eigenvalue weighted by Crippen LogP contribution is 2.17. The van der Waals surface area contributed by atoms with Gasteiger partial charge in [-0.3, -0.25) is 14.4 Å². The van der Waals surface area contributed by atoms with Crippen LogP contribution < -0.4 is 15.4 Å². The molecular weight excluding hydrogens is 340 g/mol. The van der Waals surface area contributed by atoms with Crippen LogP contribution in [-0.4, -0.2) is 31.3 Å². The number of nitrogens with one attached hydrogen (secondary N) is 2. The molecule has 0 saturated heterocycles. The van der Waals surface area contributed by atoms with Crippen LogP contribution in [0.2, 0.25) is 0 Å². The normalized spacial score (nSPS) is 10.2. The Bertz CT molecular complexity index is 770. The van der Waals surface area contributed by atoms with Crippen LogP contribution in [0.4, 0.5) is 0 Å². The Labute approximate surface area is 150 Å². The number of ketones is 1. The highest BCUT2D eigenvalue weighted by Gasteiger charge is 2.13. The summed E-state index contributed by atoms with van der Waals surface area (Å²) in [6.45, 7) is 2.06. The minimum atomic E-state index is -0.693. The second-order valence-electron chi connectivity index (χ2n) is 5.32. The summed E-state index contributed by atoms with van der Waals surface area (Å²) in [5.74, 6) is -0.696. The lowest BCUT2D eigenvalue weighted by Crippen LogP contribution is -2.40. The molecule has 0 saturated carbocycles. The van der Waals surface area contributed by atoms with Crippen molar-refractivity contribution >= 4 is 28.9 Å². The van der Waals surface area contributed by atoms with Gasteiger partial charge in [-0.1, -0.05) is 18.2 Å². The van der Waals surface area contributed by atoms with Crippen molar-refractivity contribution in [3.8, 4) is 5.75 Å². The molecule has 2 N–H and O–H groups in total. The first-order chi connectivity index (χ1) is 12.0. The Morgan fingerprint density at radius 3 is 2.44 bits per heavy atom. The smallest absolute Gasteiger partial charge is 0.309 e. The molecule has 0 atom stereocenters. The zero-order valence-corrected chi connectivity index (χ0v) is 14.9. The molecule has 0 aliphatic heterocycles. The zero-order chi connectivity index (χ0) is 18.2. The summed E-state index contributed by atoms with van der Waals surface area (Å²) in [4.78, 5) is 36.6. The van der Waals surface area contributed by atoms with E-state index < -0.39 is 11.8 Å². The largest absolute Gasteiger partial charge is 0.496 e. The van der Waals surface area contributed by atoms with Crippen LogP contribution in [0.15, 0.2) is 36.4 Å². The molecule has 0 radical (unpaired) electrons. The quantitative estimate of drug-likeness (QED) is 0.584. The van der Waals surface area contributed by atoms with Crippen molar-refractivity contribution in [1.82, 2.24) is 10.6 Å². The predicted octanol–water partition coefficient (Wildman–Crippen LogP) is 1.93. The van der Waals surface area contributed by atoms with E-state index in [2.05, 4.69) is 10.6 Å². The average Bonchev–Trinajstić information content (AvgIpc) is 3.09. The number of carbonyl (C=O) groups is 3. The van der Waals surface area contributed by atoms with Crippen LogP contribution in [0, 0.1) is 0 Å². The summed E-state index contributed by atoms with van der Waals surface area (Å²) in [6, 6.07) is 10.9. The minimum Gasteiger partial charge on any atom is -0.496 e. The van der Waals surface area contributed by atoms with E-state index in [0.29, 0.717) is 23.6 Å². The summed E-state index contributed by atoms with van der Waals surface area (Å²) < 4.78 is 5.20. The molecule has 2 aromatic rings. The first kappa shape index (κ1) is 18.7. The van der Waals surface area contributed by atoms with Crippen molar-refractivity contribution in [2.45, 2.75) is 19.9 Å². The fourth-order valence-corrected chi connectivity index (χ4v) is 3.09. The average molecular weight is 360 g/mol. The lowest BCUT2D eigenvalue weighted by atomic mass is 10.2. The van der Waals surface area contributed by atoms with Gasteiger partial charge in [0.25, 0.3) is 0 Å². The summed E-state index contributed by atoms with van der Waals surface area (Å²) in [6.07, 6.45) is 0.573. The first-order valence-corrected chi connectivity index (χ1v) is 8.60. The summed E-state index contributed by atoms with van der Waals surface area (Å²) in [5.41, 5.74) is 0.793. The van der Waals surface area contributed by atoms with Crippen molar-refractivity contribution < 1.29 is 19.1 Å². The highest BCUT2D eigenvalue weighted by molar-refractivity contribution is 7.14. The molecule has 0 aliphatic rings. The second kappa shape index (κ2) is 8.98. The molecule has 7 heteroatoms. The molecule has 1 aromatic heterocycles. The molecular formula is C18H20N2O4S. The zero-order valence-electron chi connectivity index (χ0n) is 14.1. The maximum atomic E-state index is 11.8. The number of hydrogen-bond donors (Lipinski definition) is 2. The van der Waals surface area contributed by atoms with Crippen molar-refractivity contribution in [1.29, 1.82) is 0 Å². The van der Waals surface area contributed by atoms with Crippen molar-refractivity contribution in [3.63, 3.8) is 0 Å². The van der Waals surface area contributed by atoms with Crippen molar-refractivity contribution in [2.24, 2.45) is 0 Å². The fourth-order valence-electron chi connectivity index (χ4n) is 2.19. The third-order valence-corrected chi connectivity index (χ3v) is 4.75. The number of benzene rings is 1. The number of hydrogen-bond acceptors (Lipinski definition) is 5. The van der Waals surface area contributed by atoms with Gasteiger partial charge in [0.2, 0.25) is 0 Å². The molecule has 0 fully saturated rings. The van der Waals surface area contributed by atoms with E-state index in [9.17, 15) is 14.4 Å². The molecule has 2 amide bonds. The van der Waals surface area contributed by atoms with E-state index >= 15 is 0 Å². The van der Waals surface area contributed by atoms with E-state index in [1.807, 2.05) is 24.3 Å². The first-order valence-electron chi connectivity index (χ1n) is 7.79. The van der Waals surface area contributed by atoms with E-state index in [1.54, 1.807) is 19.2 Å². The van der Waals surface area contributed by atoms with Gasteiger partial charge in [-0.15, -0.1) is 11.3 Å². The van der Waals surface area contributed by atoms with Crippen LogP contribution in [0.1, 0.15) is 27.0 Å². The summed E-state index contributed by atoms with van der Waals surface area (Å²) in [7, 11) is 1.55. The number of Topliss-reactive ketones (excluding diaryl/α,β-unsaturated/α-hetero) is 1. The molecule has 132 valence electrons. The van der Waals surface area contributed by atoms with E-state index in [1.165, 1.54) is 18.3 Å². The highest BCUT2D eigenvalue weighted by atomic mass is 32.1.